The lowest BCUT2D eigenvalue weighted by atomic mass is 9.84. The van der Waals surface area contributed by atoms with Crippen molar-refractivity contribution in [3.63, 3.8) is 0 Å². The molecule has 1 atom stereocenters. The lowest BCUT2D eigenvalue weighted by Gasteiger charge is -2.39. The van der Waals surface area contributed by atoms with Gasteiger partial charge in [0.05, 0.1) is 11.7 Å². The first kappa shape index (κ1) is 39.5. The van der Waals surface area contributed by atoms with Gasteiger partial charge in [0.25, 0.3) is 5.56 Å². The van der Waals surface area contributed by atoms with Gasteiger partial charge in [-0.25, -0.2) is 19.2 Å². The Morgan fingerprint density at radius 3 is 2.43 bits per heavy atom. The minimum Gasteiger partial charge on any atom is -0.408 e. The second-order valence-electron chi connectivity index (χ2n) is 16.8. The molecule has 3 aromatic heterocycles. The Kier molecular flexibility index (Phi) is 11.2. The zero-order valence-corrected chi connectivity index (χ0v) is 33.4. The lowest BCUT2D eigenvalue weighted by Crippen LogP contribution is -2.45. The van der Waals surface area contributed by atoms with Crippen LogP contribution in [-0.4, -0.2) is 85.4 Å². The number of oxazole rings is 1. The molecule has 3 aliphatic heterocycles. The SMILES string of the molecule is O=C1CCC(n2c(=O)oc3cc(C4CCN(CC5CCN(C(=O)[C@H]6CC[C@H](Nc7ncc(F)c(-c8cccc(-n9ccccc9=O)c8)n7)CC6)CC5)CC4)ccc32)C(=O)N1. The van der Waals surface area contributed by atoms with Gasteiger partial charge in [-0.05, 0) is 119 Å². The van der Waals surface area contributed by atoms with E-state index in [0.29, 0.717) is 40.1 Å². The Hall–Kier alpha value is -5.96. The second-order valence-corrected chi connectivity index (χ2v) is 16.8. The summed E-state index contributed by atoms with van der Waals surface area (Å²) in [7, 11) is 0. The van der Waals surface area contributed by atoms with Crippen LogP contribution < -0.4 is 21.9 Å². The van der Waals surface area contributed by atoms with Crippen molar-refractivity contribution in [1.29, 1.82) is 0 Å². The van der Waals surface area contributed by atoms with Crippen LogP contribution in [0.5, 0.6) is 0 Å². The Labute approximate surface area is 345 Å². The summed E-state index contributed by atoms with van der Waals surface area (Å²) in [6.07, 6.45) is 10.4. The maximum absolute atomic E-state index is 15.0. The van der Waals surface area contributed by atoms with E-state index in [2.05, 4.69) is 30.4 Å². The highest BCUT2D eigenvalue weighted by Crippen LogP contribution is 2.34. The maximum atomic E-state index is 15.0. The van der Waals surface area contributed by atoms with E-state index < -0.39 is 23.5 Å². The van der Waals surface area contributed by atoms with Crippen molar-refractivity contribution >= 4 is 34.8 Å². The molecular weight excluding hydrogens is 768 g/mol. The van der Waals surface area contributed by atoms with Crippen molar-refractivity contribution in [2.75, 3.05) is 38.0 Å². The van der Waals surface area contributed by atoms with Gasteiger partial charge < -0.3 is 19.5 Å². The minimum absolute atomic E-state index is 0.00398. The standard InChI is InChI=1S/C45H49FN8O6/c46-35-26-47-44(50-41(35)32-4-3-5-34(24-32)53-19-2-1-6-40(53)56)48-33-10-7-30(8-11-33)43(58)52-22-15-28(16-23-52)27-51-20-17-29(18-21-51)31-9-12-36-38(25-31)60-45(59)54(36)37-13-14-39(55)49-42(37)57/h1-6,9,12,19,24-26,28-30,33,37H,7-8,10-11,13-18,20-23,27H2,(H,47,48,50)(H,49,55,57)/t30-,33-,37?. The molecule has 3 amide bonds. The fourth-order valence-electron chi connectivity index (χ4n) is 9.69. The van der Waals surface area contributed by atoms with Gasteiger partial charge in [-0.15, -0.1) is 0 Å². The summed E-state index contributed by atoms with van der Waals surface area (Å²) in [5.74, 6) is -0.452. The number of anilines is 1. The van der Waals surface area contributed by atoms with E-state index in [4.69, 9.17) is 4.42 Å². The molecule has 14 nitrogen and oxygen atoms in total. The second kappa shape index (κ2) is 17.0. The quantitative estimate of drug-likeness (QED) is 0.184. The van der Waals surface area contributed by atoms with Crippen LogP contribution in [0.15, 0.2) is 87.1 Å². The van der Waals surface area contributed by atoms with Crippen LogP contribution in [0, 0.1) is 17.7 Å². The van der Waals surface area contributed by atoms with Gasteiger partial charge in [0.1, 0.15) is 11.7 Å². The van der Waals surface area contributed by atoms with Gasteiger partial charge in [0.15, 0.2) is 11.4 Å². The average Bonchev–Trinajstić information content (AvgIpc) is 3.59. The summed E-state index contributed by atoms with van der Waals surface area (Å²) < 4.78 is 23.4. The van der Waals surface area contributed by atoms with Crippen molar-refractivity contribution in [3.8, 4) is 16.9 Å². The molecule has 0 spiro atoms. The highest BCUT2D eigenvalue weighted by atomic mass is 19.1. The van der Waals surface area contributed by atoms with Crippen LogP contribution in [0.4, 0.5) is 10.3 Å². The summed E-state index contributed by atoms with van der Waals surface area (Å²) >= 11 is 0. The zero-order valence-electron chi connectivity index (χ0n) is 33.4. The van der Waals surface area contributed by atoms with E-state index in [9.17, 15) is 28.4 Å². The summed E-state index contributed by atoms with van der Waals surface area (Å²) in [6.45, 7) is 4.56. The van der Waals surface area contributed by atoms with Gasteiger partial charge in [0, 0.05) is 61.5 Å². The minimum atomic E-state index is -0.756. The third-order valence-electron chi connectivity index (χ3n) is 13.0. The summed E-state index contributed by atoms with van der Waals surface area (Å²) in [4.78, 5) is 76.2. The molecule has 312 valence electrons. The highest BCUT2D eigenvalue weighted by Gasteiger charge is 2.34. The molecule has 15 heteroatoms. The fourth-order valence-corrected chi connectivity index (χ4v) is 9.69. The largest absolute Gasteiger partial charge is 0.420 e. The van der Waals surface area contributed by atoms with E-state index in [1.807, 2.05) is 18.2 Å². The number of piperidine rings is 3. The molecule has 2 N–H and O–H groups in total. The molecule has 5 aromatic rings. The number of amides is 3. The molecular formula is C45H49FN8O6. The number of nitrogens with zero attached hydrogens (tertiary/aromatic N) is 6. The maximum Gasteiger partial charge on any atom is 0.420 e. The molecule has 9 rings (SSSR count). The van der Waals surface area contributed by atoms with Crippen LogP contribution in [0.3, 0.4) is 0 Å². The third-order valence-corrected chi connectivity index (χ3v) is 13.0. The number of imide groups is 1. The Morgan fingerprint density at radius 1 is 0.867 bits per heavy atom. The number of hydrogen-bond donors (Lipinski definition) is 2. The molecule has 1 unspecified atom stereocenters. The highest BCUT2D eigenvalue weighted by molar-refractivity contribution is 6.00. The molecule has 4 fully saturated rings. The first-order chi connectivity index (χ1) is 29.2. The van der Waals surface area contributed by atoms with E-state index in [0.717, 1.165) is 89.7 Å². The molecule has 0 radical (unpaired) electrons. The van der Waals surface area contributed by atoms with E-state index >= 15 is 0 Å². The normalized spacial score (nSPS) is 22.2. The summed E-state index contributed by atoms with van der Waals surface area (Å²) in [6, 6.07) is 17.1. The number of pyridine rings is 1. The topological polar surface area (TPSA) is 165 Å². The Bertz CT molecular complexity index is 2530. The van der Waals surface area contributed by atoms with Gasteiger partial charge in [-0.1, -0.05) is 24.3 Å². The number of carbonyl (C=O) groups is 3. The summed E-state index contributed by atoms with van der Waals surface area (Å²) in [5, 5.41) is 5.71. The number of aromatic nitrogens is 4. The monoisotopic (exact) mass is 816 g/mol. The smallest absolute Gasteiger partial charge is 0.408 e. The lowest BCUT2D eigenvalue weighted by molar-refractivity contribution is -0.138. The van der Waals surface area contributed by atoms with Gasteiger partial charge in [-0.3, -0.25) is 33.6 Å². The number of nitrogens with one attached hydrogen (secondary N) is 2. The molecule has 4 aliphatic rings. The molecule has 3 saturated heterocycles. The number of halogens is 1. The van der Waals surface area contributed by atoms with E-state index in [-0.39, 0.29) is 47.9 Å². The predicted molar refractivity (Wildman–Crippen MR) is 222 cm³/mol. The number of hydrogen-bond acceptors (Lipinski definition) is 10. The van der Waals surface area contributed by atoms with E-state index in [1.54, 1.807) is 42.6 Å². The number of likely N-dealkylation sites (tertiary alicyclic amines) is 2. The van der Waals surface area contributed by atoms with Crippen LogP contribution in [0.2, 0.25) is 0 Å². The Balaban J connectivity index is 0.721. The number of carbonyl (C=O) groups excluding carboxylic acids is 3. The van der Waals surface area contributed by atoms with Gasteiger partial charge in [0.2, 0.25) is 23.7 Å². The molecule has 1 saturated carbocycles. The predicted octanol–water partition coefficient (Wildman–Crippen LogP) is 5.41. The molecule has 1 aliphatic carbocycles. The van der Waals surface area contributed by atoms with E-state index in [1.165, 1.54) is 21.4 Å². The van der Waals surface area contributed by atoms with Crippen molar-refractivity contribution in [2.24, 2.45) is 11.8 Å². The number of fused-ring (bicyclic) bond motifs is 1. The molecule has 2 aromatic carbocycles. The zero-order chi connectivity index (χ0) is 41.3. The number of rotatable bonds is 9. The van der Waals surface area contributed by atoms with Crippen LogP contribution >= 0.6 is 0 Å². The van der Waals surface area contributed by atoms with Gasteiger partial charge >= 0.3 is 5.76 Å². The van der Waals surface area contributed by atoms with Crippen molar-refractivity contribution < 1.29 is 23.2 Å². The van der Waals surface area contributed by atoms with Crippen molar-refractivity contribution in [2.45, 2.75) is 82.2 Å². The third kappa shape index (κ3) is 8.27. The van der Waals surface area contributed by atoms with Gasteiger partial charge in [-0.2, -0.15) is 0 Å². The van der Waals surface area contributed by atoms with Crippen molar-refractivity contribution in [3.05, 3.63) is 105 Å². The summed E-state index contributed by atoms with van der Waals surface area (Å²) in [5.41, 5.74) is 3.29. The van der Waals surface area contributed by atoms with Crippen LogP contribution in [0.1, 0.15) is 81.7 Å². The van der Waals surface area contributed by atoms with Crippen molar-refractivity contribution in [1.82, 2.24) is 34.2 Å². The number of benzene rings is 2. The fraction of sp³-hybridized carbons (Fsp3) is 0.444. The first-order valence-electron chi connectivity index (χ1n) is 21.2. The Morgan fingerprint density at radius 2 is 1.67 bits per heavy atom. The first-order valence-corrected chi connectivity index (χ1v) is 21.2. The molecule has 6 heterocycles. The molecule has 60 heavy (non-hydrogen) atoms. The van der Waals surface area contributed by atoms with Crippen LogP contribution in [0.25, 0.3) is 28.0 Å². The average molecular weight is 817 g/mol. The van der Waals surface area contributed by atoms with Crippen LogP contribution in [-0.2, 0) is 14.4 Å². The molecule has 0 bridgehead atoms.